The molecule has 16 nitrogen and oxygen atoms in total. The fourth-order valence-corrected chi connectivity index (χ4v) is 7.04. The lowest BCUT2D eigenvalue weighted by molar-refractivity contribution is -0.150. The number of nitrogens with zero attached hydrogens (tertiary/aromatic N) is 6. The number of fused-ring (bicyclic) bond motifs is 1. The van der Waals surface area contributed by atoms with Crippen molar-refractivity contribution in [3.63, 3.8) is 0 Å². The zero-order chi connectivity index (χ0) is 31.2. The second-order valence-corrected chi connectivity index (χ2v) is 13.1. The van der Waals surface area contributed by atoms with Gasteiger partial charge in [0.15, 0.2) is 5.13 Å². The van der Waals surface area contributed by atoms with E-state index in [2.05, 4.69) is 19.8 Å². The number of aliphatic carboxylic acids is 1. The van der Waals surface area contributed by atoms with Crippen LogP contribution in [0.25, 0.3) is 0 Å². The minimum atomic E-state index is -1.35. The molecule has 3 fully saturated rings. The predicted octanol–water partition coefficient (Wildman–Crippen LogP) is 0.205. The summed E-state index contributed by atoms with van der Waals surface area (Å²) in [6.45, 7) is 6.59. The van der Waals surface area contributed by atoms with Crippen molar-refractivity contribution in [1.82, 2.24) is 29.4 Å². The van der Waals surface area contributed by atoms with Crippen molar-refractivity contribution >= 4 is 63.9 Å². The summed E-state index contributed by atoms with van der Waals surface area (Å²) in [5.74, 6) is -3.24. The first-order valence-electron chi connectivity index (χ1n) is 13.3. The van der Waals surface area contributed by atoms with E-state index >= 15 is 0 Å². The predicted molar refractivity (Wildman–Crippen MR) is 153 cm³/mol. The zero-order valence-corrected chi connectivity index (χ0v) is 25.1. The number of amides is 4. The number of thioether (sulfide) groups is 1. The first-order valence-corrected chi connectivity index (χ1v) is 15.1. The molecular weight excluding hydrogens is 604 g/mol. The highest BCUT2D eigenvalue weighted by Gasteiger charge is 2.54. The number of rotatable bonds is 6. The Labute approximate surface area is 253 Å². The smallest absolute Gasteiger partial charge is 0.410 e. The summed E-state index contributed by atoms with van der Waals surface area (Å²) in [4.78, 5) is 72.0. The molecule has 5 heterocycles. The largest absolute Gasteiger partial charge is 0.477 e. The molecule has 0 spiro atoms. The van der Waals surface area contributed by atoms with Gasteiger partial charge in [-0.2, -0.15) is 9.36 Å². The Morgan fingerprint density at radius 1 is 1.23 bits per heavy atom. The molecule has 4 aliphatic rings. The van der Waals surface area contributed by atoms with Gasteiger partial charge in [0.25, 0.3) is 11.8 Å². The number of nitrogens with one attached hydrogen (secondary N) is 1. The van der Waals surface area contributed by atoms with Crippen LogP contribution < -0.4 is 11.1 Å². The fraction of sp³-hybridized carbons (Fsp3) is 0.520. The molecule has 1 aromatic heterocycles. The Morgan fingerprint density at radius 2 is 1.98 bits per heavy atom. The summed E-state index contributed by atoms with van der Waals surface area (Å²) in [7, 11) is 0. The van der Waals surface area contributed by atoms with E-state index < -0.39 is 46.6 Å². The molecule has 5 N–H and O–H groups in total. The number of β-lactam (4-membered cyclic amide) rings is 1. The van der Waals surface area contributed by atoms with Crippen LogP contribution in [0.1, 0.15) is 39.4 Å². The third kappa shape index (κ3) is 5.88. The normalized spacial score (nSPS) is 25.3. The fourth-order valence-electron chi connectivity index (χ4n) is 5.30. The van der Waals surface area contributed by atoms with E-state index in [0.29, 0.717) is 43.6 Å². The molecule has 230 valence electrons. The van der Waals surface area contributed by atoms with Crippen molar-refractivity contribution in [2.24, 2.45) is 5.16 Å². The van der Waals surface area contributed by atoms with E-state index in [1.165, 1.54) is 17.8 Å². The molecular formula is C25H30N8O8S2. The van der Waals surface area contributed by atoms with E-state index in [0.717, 1.165) is 16.4 Å². The molecule has 18 heteroatoms. The maximum atomic E-state index is 13.3. The topological polar surface area (TPSA) is 221 Å². The van der Waals surface area contributed by atoms with Crippen LogP contribution in [0.3, 0.4) is 0 Å². The van der Waals surface area contributed by atoms with Crippen molar-refractivity contribution in [1.29, 1.82) is 0 Å². The van der Waals surface area contributed by atoms with Gasteiger partial charge in [-0.15, -0.1) is 11.8 Å². The van der Waals surface area contributed by atoms with Gasteiger partial charge in [0.1, 0.15) is 22.7 Å². The molecule has 4 amide bonds. The van der Waals surface area contributed by atoms with Crippen LogP contribution in [0.2, 0.25) is 0 Å². The van der Waals surface area contributed by atoms with Crippen molar-refractivity contribution in [3.05, 3.63) is 28.7 Å². The number of aromatic nitrogens is 2. The number of allylic oxidation sites excluding steroid dienone is 1. The minimum absolute atomic E-state index is 0.0467. The Hall–Kier alpha value is -4.19. The number of nitrogen functional groups attached to an aromatic ring is 1. The van der Waals surface area contributed by atoms with Gasteiger partial charge in [-0.25, -0.2) is 9.59 Å². The van der Waals surface area contributed by atoms with Crippen molar-refractivity contribution in [3.8, 4) is 0 Å². The van der Waals surface area contributed by atoms with E-state index in [1.807, 2.05) is 0 Å². The third-order valence-corrected chi connectivity index (χ3v) is 9.06. The molecule has 0 aromatic carbocycles. The lowest BCUT2D eigenvalue weighted by atomic mass is 10.0. The molecule has 0 radical (unpaired) electrons. The number of anilines is 1. The number of ether oxygens (including phenoxy) is 1. The van der Waals surface area contributed by atoms with Crippen molar-refractivity contribution < 1.29 is 39.0 Å². The van der Waals surface area contributed by atoms with Crippen molar-refractivity contribution in [2.45, 2.75) is 56.7 Å². The maximum absolute atomic E-state index is 13.3. The van der Waals surface area contributed by atoms with Crippen LogP contribution >= 0.6 is 23.3 Å². The van der Waals surface area contributed by atoms with Crippen LogP contribution in [0, 0.1) is 0 Å². The Bertz CT molecular complexity index is 1480. The molecule has 4 aliphatic heterocycles. The van der Waals surface area contributed by atoms with Crippen LogP contribution in [-0.2, 0) is 23.9 Å². The van der Waals surface area contributed by atoms with Gasteiger partial charge in [0.2, 0.25) is 17.4 Å². The van der Waals surface area contributed by atoms with Gasteiger partial charge in [0, 0.05) is 42.5 Å². The Morgan fingerprint density at radius 3 is 2.60 bits per heavy atom. The number of carbonyl (C=O) groups is 5. The van der Waals surface area contributed by atoms with E-state index in [9.17, 15) is 34.3 Å². The van der Waals surface area contributed by atoms with E-state index in [-0.39, 0.29) is 34.4 Å². The number of carbonyl (C=O) groups excluding carboxylic acids is 4. The molecule has 3 atom stereocenters. The zero-order valence-electron chi connectivity index (χ0n) is 23.5. The van der Waals surface area contributed by atoms with Crippen LogP contribution in [0.5, 0.6) is 0 Å². The SMILES string of the molecule is CC(C)(C)OC(=O)N1CC[C@@H](N2CCC(=CC3=C(C(=O)O)N4C(=O)[C@@H](NC(=O)/C(=N\O)c5nsc(N)n5)[C@H]4SC3)C2=O)C1. The first kappa shape index (κ1) is 30.3. The lowest BCUT2D eigenvalue weighted by Crippen LogP contribution is -2.71. The molecule has 0 unspecified atom stereocenters. The van der Waals surface area contributed by atoms with Gasteiger partial charge in [0.05, 0.1) is 6.04 Å². The summed E-state index contributed by atoms with van der Waals surface area (Å²) in [6, 6.07) is -1.28. The van der Waals surface area contributed by atoms with E-state index in [1.54, 1.807) is 30.6 Å². The summed E-state index contributed by atoms with van der Waals surface area (Å²) in [6.07, 6.45) is 2.09. The quantitative estimate of drug-likeness (QED) is 0.108. The highest BCUT2D eigenvalue weighted by Crippen LogP contribution is 2.41. The Balaban J connectivity index is 1.27. The lowest BCUT2D eigenvalue weighted by Gasteiger charge is -2.49. The van der Waals surface area contributed by atoms with Gasteiger partial charge in [-0.3, -0.25) is 19.3 Å². The number of likely N-dealkylation sites (tertiary alicyclic amines) is 2. The highest BCUT2D eigenvalue weighted by molar-refractivity contribution is 8.00. The first-order chi connectivity index (χ1) is 20.3. The number of carboxylic acid groups (broad SMARTS) is 1. The molecule has 0 bridgehead atoms. The summed E-state index contributed by atoms with van der Waals surface area (Å²) >= 11 is 2.01. The molecule has 5 rings (SSSR count). The van der Waals surface area contributed by atoms with Gasteiger partial charge >= 0.3 is 12.1 Å². The molecule has 0 saturated carbocycles. The molecule has 1 aromatic rings. The number of oxime groups is 1. The average molecular weight is 635 g/mol. The van der Waals surface area contributed by atoms with Crippen LogP contribution in [-0.4, -0.2) is 118 Å². The standard InChI is InChI=1S/C25H30N8O8S2/c1-25(2,3)41-24(39)31-6-5-13(9-31)32-7-4-11(19(32)35)8-12-10-42-21-15(20(36)33(21)16(12)22(37)38)27-18(34)14(29-40)17-28-23(26)43-30-17/h8,13,15,21,40H,4-7,9-10H2,1-3H3,(H,27,34)(H,37,38)(H2,26,28,30)/b11-8?,29-14-/t13-,15-,21-/m1/s1. The van der Waals surface area contributed by atoms with Crippen LogP contribution in [0.15, 0.2) is 28.1 Å². The monoisotopic (exact) mass is 634 g/mol. The molecule has 3 saturated heterocycles. The highest BCUT2D eigenvalue weighted by atomic mass is 32.2. The minimum Gasteiger partial charge on any atom is -0.477 e. The van der Waals surface area contributed by atoms with Gasteiger partial charge in [-0.05, 0) is 45.3 Å². The van der Waals surface area contributed by atoms with Crippen LogP contribution in [0.4, 0.5) is 9.93 Å². The maximum Gasteiger partial charge on any atom is 0.410 e. The van der Waals surface area contributed by atoms with Gasteiger partial charge in [-0.1, -0.05) is 5.16 Å². The summed E-state index contributed by atoms with van der Waals surface area (Å²) < 4.78 is 9.26. The molecule has 43 heavy (non-hydrogen) atoms. The average Bonchev–Trinajstić information content (AvgIpc) is 3.67. The second kappa shape index (κ2) is 11.5. The number of hydrogen-bond donors (Lipinski definition) is 4. The number of hydrogen-bond acceptors (Lipinski definition) is 13. The number of nitrogens with two attached hydrogens (primary N) is 1. The number of carboxylic acids is 1. The molecule has 0 aliphatic carbocycles. The summed E-state index contributed by atoms with van der Waals surface area (Å²) in [5, 5.41) is 24.0. The Kier molecular flexibility index (Phi) is 8.08. The summed E-state index contributed by atoms with van der Waals surface area (Å²) in [5.41, 5.74) is 4.81. The second-order valence-electron chi connectivity index (χ2n) is 11.2. The van der Waals surface area contributed by atoms with Crippen molar-refractivity contribution in [2.75, 3.05) is 31.1 Å². The third-order valence-electron chi connectivity index (χ3n) is 7.22. The van der Waals surface area contributed by atoms with E-state index in [4.69, 9.17) is 10.5 Å². The van der Waals surface area contributed by atoms with Gasteiger partial charge < -0.3 is 35.9 Å².